The van der Waals surface area contributed by atoms with Crippen molar-refractivity contribution in [1.82, 2.24) is 10.9 Å². The molecule has 0 aliphatic rings. The van der Waals surface area contributed by atoms with E-state index in [9.17, 15) is 15.0 Å². The van der Waals surface area contributed by atoms with Crippen LogP contribution in [0.3, 0.4) is 0 Å². The highest BCUT2D eigenvalue weighted by Crippen LogP contribution is 2.26. The molecule has 2 aromatic carbocycles. The summed E-state index contributed by atoms with van der Waals surface area (Å²) in [6.07, 6.45) is 0. The summed E-state index contributed by atoms with van der Waals surface area (Å²) in [6.45, 7) is 5.77. The second kappa shape index (κ2) is 7.22. The lowest BCUT2D eigenvalue weighted by atomic mass is 10.1. The van der Waals surface area contributed by atoms with Crippen LogP contribution in [0.15, 0.2) is 49.0 Å². The second-order valence-electron chi connectivity index (χ2n) is 5.02. The minimum absolute atomic E-state index is 0.0504. The lowest BCUT2D eigenvalue weighted by Crippen LogP contribution is -2.39. The predicted molar refractivity (Wildman–Crippen MR) is 89.8 cm³/mol. The van der Waals surface area contributed by atoms with E-state index in [2.05, 4.69) is 22.7 Å². The van der Waals surface area contributed by atoms with Gasteiger partial charge in [-0.05, 0) is 30.7 Å². The minimum Gasteiger partial charge on any atom is -0.508 e. The molecule has 120 valence electrons. The van der Waals surface area contributed by atoms with Crippen LogP contribution in [0, 0.1) is 6.92 Å². The maximum atomic E-state index is 11.8. The summed E-state index contributed by atoms with van der Waals surface area (Å²) < 4.78 is 0. The smallest absolute Gasteiger partial charge is 0.257 e. The normalized spacial score (nSPS) is 9.96. The highest BCUT2D eigenvalue weighted by molar-refractivity contribution is 5.82. The molecule has 0 aromatic heterocycles. The molecular formula is C17H19N3O3. The SMILES string of the molecule is C=C(NNC(=O)CNc1ccccc1C)c1ccc(O)cc1O. The van der Waals surface area contributed by atoms with Gasteiger partial charge in [-0.2, -0.15) is 0 Å². The van der Waals surface area contributed by atoms with Gasteiger partial charge in [0.15, 0.2) is 0 Å². The van der Waals surface area contributed by atoms with Crippen molar-refractivity contribution in [2.45, 2.75) is 6.92 Å². The first-order valence-corrected chi connectivity index (χ1v) is 7.03. The average molecular weight is 313 g/mol. The first-order valence-electron chi connectivity index (χ1n) is 7.03. The molecule has 0 radical (unpaired) electrons. The standard InChI is InChI=1S/C17H19N3O3/c1-11-5-3-4-6-15(11)18-10-17(23)20-19-12(2)14-8-7-13(21)9-16(14)22/h3-9,18-19,21-22H,2,10H2,1H3,(H,20,23). The number of hydrogen-bond acceptors (Lipinski definition) is 5. The molecule has 0 aliphatic carbocycles. The molecule has 0 bridgehead atoms. The third kappa shape index (κ3) is 4.41. The highest BCUT2D eigenvalue weighted by atomic mass is 16.3. The first kappa shape index (κ1) is 16.2. The minimum atomic E-state index is -0.285. The summed E-state index contributed by atoms with van der Waals surface area (Å²) >= 11 is 0. The third-order valence-electron chi connectivity index (χ3n) is 3.24. The molecule has 0 saturated heterocycles. The molecule has 0 spiro atoms. The number of para-hydroxylation sites is 1. The molecule has 5 N–H and O–H groups in total. The Bertz CT molecular complexity index is 729. The number of benzene rings is 2. The molecule has 2 aromatic rings. The second-order valence-corrected chi connectivity index (χ2v) is 5.02. The van der Waals surface area contributed by atoms with E-state index < -0.39 is 0 Å². The van der Waals surface area contributed by atoms with Crippen LogP contribution in [0.4, 0.5) is 5.69 Å². The number of nitrogens with one attached hydrogen (secondary N) is 3. The van der Waals surface area contributed by atoms with Crippen molar-refractivity contribution in [3.8, 4) is 11.5 Å². The van der Waals surface area contributed by atoms with Crippen molar-refractivity contribution in [1.29, 1.82) is 0 Å². The molecule has 23 heavy (non-hydrogen) atoms. The van der Waals surface area contributed by atoms with E-state index in [1.165, 1.54) is 18.2 Å². The number of amides is 1. The average Bonchev–Trinajstić information content (AvgIpc) is 2.52. The van der Waals surface area contributed by atoms with Crippen LogP contribution in [0.2, 0.25) is 0 Å². The summed E-state index contributed by atoms with van der Waals surface area (Å²) in [5, 5.41) is 22.0. The first-order chi connectivity index (χ1) is 11.0. The Kier molecular flexibility index (Phi) is 5.09. The zero-order valence-electron chi connectivity index (χ0n) is 12.8. The Morgan fingerprint density at radius 3 is 2.57 bits per heavy atom. The molecule has 0 aliphatic heterocycles. The Morgan fingerprint density at radius 2 is 1.87 bits per heavy atom. The number of hydrazine groups is 1. The maximum absolute atomic E-state index is 11.8. The molecular weight excluding hydrogens is 294 g/mol. The molecule has 6 heteroatoms. The number of aryl methyl sites for hydroxylation is 1. The van der Waals surface area contributed by atoms with E-state index in [0.29, 0.717) is 11.3 Å². The molecule has 0 heterocycles. The Balaban J connectivity index is 1.84. The molecule has 0 atom stereocenters. The van der Waals surface area contributed by atoms with Crippen LogP contribution in [0.5, 0.6) is 11.5 Å². The van der Waals surface area contributed by atoms with Gasteiger partial charge >= 0.3 is 0 Å². The van der Waals surface area contributed by atoms with Gasteiger partial charge in [-0.25, -0.2) is 0 Å². The van der Waals surface area contributed by atoms with Gasteiger partial charge < -0.3 is 15.5 Å². The third-order valence-corrected chi connectivity index (χ3v) is 3.24. The topological polar surface area (TPSA) is 93.6 Å². The van der Waals surface area contributed by atoms with Crippen molar-refractivity contribution in [3.05, 3.63) is 60.2 Å². The van der Waals surface area contributed by atoms with Crippen LogP contribution < -0.4 is 16.2 Å². The van der Waals surface area contributed by atoms with E-state index in [1.54, 1.807) is 0 Å². The molecule has 0 saturated carbocycles. The quantitative estimate of drug-likeness (QED) is 0.527. The Labute approximate surface area is 134 Å². The number of carbonyl (C=O) groups is 1. The van der Waals surface area contributed by atoms with E-state index >= 15 is 0 Å². The number of phenols is 2. The molecule has 2 rings (SSSR count). The molecule has 1 amide bonds. The van der Waals surface area contributed by atoms with Crippen molar-refractivity contribution in [3.63, 3.8) is 0 Å². The van der Waals surface area contributed by atoms with Crippen molar-refractivity contribution in [2.24, 2.45) is 0 Å². The summed E-state index contributed by atoms with van der Waals surface area (Å²) in [5.41, 5.74) is 7.75. The van der Waals surface area contributed by atoms with Crippen LogP contribution in [0.25, 0.3) is 5.70 Å². The van der Waals surface area contributed by atoms with E-state index in [4.69, 9.17) is 0 Å². The lowest BCUT2D eigenvalue weighted by Gasteiger charge is -2.14. The highest BCUT2D eigenvalue weighted by Gasteiger charge is 2.08. The maximum Gasteiger partial charge on any atom is 0.257 e. The van der Waals surface area contributed by atoms with Crippen LogP contribution in [-0.2, 0) is 4.79 Å². The number of rotatable bonds is 6. The van der Waals surface area contributed by atoms with Gasteiger partial charge in [-0.15, -0.1) is 0 Å². The summed E-state index contributed by atoms with van der Waals surface area (Å²) in [6, 6.07) is 11.8. The van der Waals surface area contributed by atoms with Gasteiger partial charge in [0.2, 0.25) is 0 Å². The molecule has 0 fully saturated rings. The van der Waals surface area contributed by atoms with Crippen LogP contribution >= 0.6 is 0 Å². The van der Waals surface area contributed by atoms with Crippen LogP contribution in [-0.4, -0.2) is 22.7 Å². The van der Waals surface area contributed by atoms with Crippen molar-refractivity contribution >= 4 is 17.3 Å². The Hall–Kier alpha value is -3.15. The van der Waals surface area contributed by atoms with Gasteiger partial charge in [0.25, 0.3) is 5.91 Å². The van der Waals surface area contributed by atoms with Gasteiger partial charge in [-0.1, -0.05) is 24.8 Å². The van der Waals surface area contributed by atoms with E-state index in [0.717, 1.165) is 11.3 Å². The fourth-order valence-electron chi connectivity index (χ4n) is 1.98. The number of carbonyl (C=O) groups excluding carboxylic acids is 1. The van der Waals surface area contributed by atoms with E-state index in [1.807, 2.05) is 31.2 Å². The number of aromatic hydroxyl groups is 2. The summed E-state index contributed by atoms with van der Waals surface area (Å²) in [5.74, 6) is -0.465. The molecule has 6 nitrogen and oxygen atoms in total. The van der Waals surface area contributed by atoms with Gasteiger partial charge in [0.05, 0.1) is 12.2 Å². The fraction of sp³-hybridized carbons (Fsp3) is 0.118. The zero-order valence-corrected chi connectivity index (χ0v) is 12.8. The largest absolute Gasteiger partial charge is 0.508 e. The fourth-order valence-corrected chi connectivity index (χ4v) is 1.98. The van der Waals surface area contributed by atoms with Gasteiger partial charge in [-0.3, -0.25) is 15.6 Å². The van der Waals surface area contributed by atoms with Crippen molar-refractivity contribution in [2.75, 3.05) is 11.9 Å². The number of anilines is 1. The predicted octanol–water partition coefficient (Wildman–Crippen LogP) is 2.11. The summed E-state index contributed by atoms with van der Waals surface area (Å²) in [7, 11) is 0. The van der Waals surface area contributed by atoms with Crippen LogP contribution in [0.1, 0.15) is 11.1 Å². The number of phenolic OH excluding ortho intramolecular Hbond substituents is 2. The molecule has 0 unspecified atom stereocenters. The van der Waals surface area contributed by atoms with Crippen molar-refractivity contribution < 1.29 is 15.0 Å². The van der Waals surface area contributed by atoms with Gasteiger partial charge in [0, 0.05) is 17.3 Å². The number of hydrogen-bond donors (Lipinski definition) is 5. The van der Waals surface area contributed by atoms with Gasteiger partial charge in [0.1, 0.15) is 11.5 Å². The lowest BCUT2D eigenvalue weighted by molar-refractivity contribution is -0.120. The zero-order chi connectivity index (χ0) is 16.8. The van der Waals surface area contributed by atoms with E-state index in [-0.39, 0.29) is 24.0 Å². The monoisotopic (exact) mass is 313 g/mol. The Morgan fingerprint density at radius 1 is 1.13 bits per heavy atom. The summed E-state index contributed by atoms with van der Waals surface area (Å²) in [4.78, 5) is 11.8.